The molecule has 0 aromatic rings. The van der Waals surface area contributed by atoms with Crippen molar-refractivity contribution >= 4 is 4.61 Å². The third-order valence-corrected chi connectivity index (χ3v) is 0. The Balaban J connectivity index is 2.80. The summed E-state index contributed by atoms with van der Waals surface area (Å²) in [4.78, 5) is 0. The first-order valence-electron chi connectivity index (χ1n) is 0.732. The Morgan fingerprint density at radius 3 is 1.50 bits per heavy atom. The zero-order chi connectivity index (χ0) is 3.58. The molecular weight excluding hydrogens is 115 g/mol. The minimum atomic E-state index is -1.46. The van der Waals surface area contributed by atoms with Crippen molar-refractivity contribution in [2.24, 2.45) is 0 Å². The van der Waals surface area contributed by atoms with E-state index in [0.29, 0.717) is 0 Å². The second-order valence-electron chi connectivity index (χ2n) is 0.339. The second-order valence-corrected chi connectivity index (χ2v) is 1.46. The van der Waals surface area contributed by atoms with Gasteiger partial charge < -0.3 is 0 Å². The van der Waals surface area contributed by atoms with Crippen LogP contribution in [0.1, 0.15) is 0 Å². The van der Waals surface area contributed by atoms with E-state index in [0.717, 1.165) is 0 Å². The van der Waals surface area contributed by atoms with Crippen molar-refractivity contribution < 1.29 is 26.6 Å². The molecule has 0 amide bonds. The maximum absolute atomic E-state index is 10.3. The summed E-state index contributed by atoms with van der Waals surface area (Å²) >= 11 is 0.0139. The van der Waals surface area contributed by atoms with E-state index in [4.69, 9.17) is 0 Å². The summed E-state index contributed by atoms with van der Waals surface area (Å²) in [5.41, 5.74) is 0. The average molecular weight is 115 g/mol. The van der Waals surface area contributed by atoms with Gasteiger partial charge in [-0.25, -0.2) is 0 Å². The molecule has 0 bridgehead atoms. The van der Waals surface area contributed by atoms with Crippen molar-refractivity contribution in [1.29, 1.82) is 0 Å². The van der Waals surface area contributed by atoms with Crippen molar-refractivity contribution in [3.05, 3.63) is 0 Å². The average Bonchev–Trinajstić information content (AvgIpc) is 0.811. The number of rotatable bonds is 0. The van der Waals surface area contributed by atoms with Crippen LogP contribution in [-0.2, 0) is 17.9 Å². The summed E-state index contributed by atoms with van der Waals surface area (Å²) in [6.45, 7) is 0. The molecule has 0 saturated carbocycles. The third kappa shape index (κ3) is 34.5. The monoisotopic (exact) mass is 114 g/mol. The van der Waals surface area contributed by atoms with Gasteiger partial charge in [-0.05, 0) is 0 Å². The fraction of sp³-hybridized carbons (Fsp3) is 0. The first-order valence-corrected chi connectivity index (χ1v) is 2.22. The molecule has 0 aliphatic carbocycles. The van der Waals surface area contributed by atoms with Crippen LogP contribution in [0.15, 0.2) is 0 Å². The number of hydrogen-bond acceptors (Lipinski definition) is 0. The molecule has 0 aliphatic heterocycles. The molecule has 0 N–H and O–H groups in total. The fourth-order valence-electron chi connectivity index (χ4n) is 0. The number of halogens is 2. The van der Waals surface area contributed by atoms with Crippen LogP contribution in [0.3, 0.4) is 0 Å². The van der Waals surface area contributed by atoms with Crippen molar-refractivity contribution in [1.82, 2.24) is 0 Å². The van der Waals surface area contributed by atoms with Crippen molar-refractivity contribution in [2.75, 3.05) is 0 Å². The normalized spacial score (nSPS) is 7.00. The number of hydrogen-bond donors (Lipinski definition) is 0. The first-order chi connectivity index (χ1) is 1.73. The Morgan fingerprint density at radius 2 is 1.50 bits per heavy atom. The van der Waals surface area contributed by atoms with E-state index >= 15 is 0 Å². The Hall–Kier alpha value is 0.353. The molecule has 0 spiro atoms. The van der Waals surface area contributed by atoms with Gasteiger partial charge in [-0.2, -0.15) is 0 Å². The van der Waals surface area contributed by atoms with Gasteiger partial charge in [0.2, 0.25) is 0 Å². The van der Waals surface area contributed by atoms with Gasteiger partial charge in [0.05, 0.1) is 0 Å². The standard InChI is InChI=1S/CF2.Zn/c2-1-3;. The predicted molar refractivity (Wildman–Crippen MR) is 7.22 cm³/mol. The molecule has 0 aliphatic rings. The molecule has 0 radical (unpaired) electrons. The van der Waals surface area contributed by atoms with E-state index in [1.54, 1.807) is 0 Å². The maximum atomic E-state index is 10.3. The molecule has 20 valence electrons. The van der Waals surface area contributed by atoms with Gasteiger partial charge in [-0.15, -0.1) is 0 Å². The van der Waals surface area contributed by atoms with Gasteiger partial charge in [0, 0.05) is 0 Å². The van der Waals surface area contributed by atoms with Crippen LogP contribution in [0.4, 0.5) is 8.78 Å². The van der Waals surface area contributed by atoms with Gasteiger partial charge in [-0.3, -0.25) is 0 Å². The summed E-state index contributed by atoms with van der Waals surface area (Å²) < 4.78 is 19.2. The van der Waals surface area contributed by atoms with Gasteiger partial charge in [-0.1, -0.05) is 0 Å². The quantitative estimate of drug-likeness (QED) is 0.405. The zero-order valence-electron chi connectivity index (χ0n) is 1.96. The summed E-state index contributed by atoms with van der Waals surface area (Å²) in [7, 11) is 0. The van der Waals surface area contributed by atoms with E-state index in [1.807, 2.05) is 0 Å². The molecule has 0 atom stereocenters. The van der Waals surface area contributed by atoms with E-state index in [9.17, 15) is 8.78 Å². The molecule has 0 fully saturated rings. The van der Waals surface area contributed by atoms with Gasteiger partial charge >= 0.3 is 31.2 Å². The van der Waals surface area contributed by atoms with Gasteiger partial charge in [0.1, 0.15) is 0 Å². The van der Waals surface area contributed by atoms with Gasteiger partial charge in [0.15, 0.2) is 0 Å². The molecule has 0 rings (SSSR count). The Bertz CT molecular complexity index is 29.0. The van der Waals surface area contributed by atoms with E-state index < -0.39 is 4.61 Å². The molecule has 0 nitrogen and oxygen atoms in total. The topological polar surface area (TPSA) is 0 Å². The Kier molecular flexibility index (Phi) is 1.80. The SMILES string of the molecule is F[C](F)=[Zn]. The third-order valence-electron chi connectivity index (χ3n) is 0. The van der Waals surface area contributed by atoms with Crippen LogP contribution in [-0.4, -0.2) is 4.61 Å². The molecule has 3 heteroatoms. The van der Waals surface area contributed by atoms with Crippen molar-refractivity contribution in [3.8, 4) is 0 Å². The van der Waals surface area contributed by atoms with Gasteiger partial charge in [0.25, 0.3) is 0 Å². The van der Waals surface area contributed by atoms with Crippen molar-refractivity contribution in [2.45, 2.75) is 0 Å². The molecule has 0 aromatic carbocycles. The van der Waals surface area contributed by atoms with Crippen LogP contribution < -0.4 is 0 Å². The molecule has 0 aromatic heterocycles. The van der Waals surface area contributed by atoms with Crippen LogP contribution >= 0.6 is 0 Å². The molecule has 0 heterocycles. The summed E-state index contributed by atoms with van der Waals surface area (Å²) in [6, 6.07) is 0. The Labute approximate surface area is 32.0 Å². The van der Waals surface area contributed by atoms with Crippen LogP contribution in [0.2, 0.25) is 0 Å². The van der Waals surface area contributed by atoms with Crippen LogP contribution in [0.5, 0.6) is 0 Å². The van der Waals surface area contributed by atoms with Crippen molar-refractivity contribution in [3.63, 3.8) is 0 Å². The fourth-order valence-corrected chi connectivity index (χ4v) is 0. The summed E-state index contributed by atoms with van der Waals surface area (Å²) in [5, 5.41) is 0. The predicted octanol–water partition coefficient (Wildman–Crippen LogP) is 0.560. The van der Waals surface area contributed by atoms with Crippen LogP contribution in [0, 0.1) is 0 Å². The molecule has 4 heavy (non-hydrogen) atoms. The summed E-state index contributed by atoms with van der Waals surface area (Å²) in [6.07, 6.45) is 0. The molecule has 0 unspecified atom stereocenters. The molecular formula is CF2Zn. The Morgan fingerprint density at radius 1 is 1.50 bits per heavy atom. The zero-order valence-corrected chi connectivity index (χ0v) is 4.93. The molecule has 0 saturated heterocycles. The van der Waals surface area contributed by atoms with E-state index in [2.05, 4.69) is 0 Å². The summed E-state index contributed by atoms with van der Waals surface area (Å²) in [5.74, 6) is 0. The first kappa shape index (κ1) is 4.35. The minimum absolute atomic E-state index is 0.0139. The second kappa shape index (κ2) is 1.65. The van der Waals surface area contributed by atoms with E-state index in [1.165, 1.54) is 0 Å². The van der Waals surface area contributed by atoms with E-state index in [-0.39, 0.29) is 17.9 Å². The van der Waals surface area contributed by atoms with Crippen LogP contribution in [0.25, 0.3) is 0 Å².